The van der Waals surface area contributed by atoms with Crippen molar-refractivity contribution in [1.29, 1.82) is 0 Å². The summed E-state index contributed by atoms with van der Waals surface area (Å²) in [5.41, 5.74) is 3.69. The van der Waals surface area contributed by atoms with Gasteiger partial charge in [0.1, 0.15) is 0 Å². The number of rotatable bonds is 7. The molecule has 0 saturated heterocycles. The smallest absolute Gasteiger partial charge is 0.308 e. The minimum Gasteiger partial charge on any atom is -0.494 e. The first-order chi connectivity index (χ1) is 17.9. The van der Waals surface area contributed by atoms with Crippen LogP contribution in [0.25, 0.3) is 27.5 Å². The van der Waals surface area contributed by atoms with Gasteiger partial charge in [-0.25, -0.2) is 4.39 Å². The number of hydrogen-bond donors (Lipinski definition) is 0. The number of fused-ring (bicyclic) bond motifs is 2. The number of ether oxygens (including phenoxy) is 2. The molecule has 38 heavy (non-hydrogen) atoms. The van der Waals surface area contributed by atoms with Gasteiger partial charge in [-0.2, -0.15) is 9.78 Å². The zero-order valence-corrected chi connectivity index (χ0v) is 23.4. The standard InChI is InChI=1S/C30H36FN3O4/c1-9-38-28(35)18(4)12-22-21-15-24-19(16-32-34(24)29(36)30(5,6)7)13-25(21)33(27(22)17(2)3)20-10-11-23(31)26(14-20)37-8/h10-11,13-18H,9,12H2,1-8H3. The Morgan fingerprint density at radius 3 is 2.39 bits per heavy atom. The number of benzene rings is 2. The molecule has 1 atom stereocenters. The normalized spacial score (nSPS) is 12.9. The van der Waals surface area contributed by atoms with Crippen LogP contribution in [0.3, 0.4) is 0 Å². The predicted octanol–water partition coefficient (Wildman–Crippen LogP) is 6.68. The molecule has 1 unspecified atom stereocenters. The lowest BCUT2D eigenvalue weighted by molar-refractivity contribution is -0.147. The lowest BCUT2D eigenvalue weighted by atomic mass is 9.94. The first-order valence-electron chi connectivity index (χ1n) is 13.0. The fraction of sp³-hybridized carbons (Fsp3) is 0.433. The third kappa shape index (κ3) is 4.79. The Kier molecular flexibility index (Phi) is 7.37. The first kappa shape index (κ1) is 27.4. The lowest BCUT2D eigenvalue weighted by Crippen LogP contribution is -2.27. The van der Waals surface area contributed by atoms with Crippen LogP contribution in [0.2, 0.25) is 0 Å². The third-order valence-electron chi connectivity index (χ3n) is 6.77. The molecular weight excluding hydrogens is 485 g/mol. The molecule has 2 aromatic heterocycles. The summed E-state index contributed by atoms with van der Waals surface area (Å²) in [6.07, 6.45) is 2.14. The van der Waals surface area contributed by atoms with Gasteiger partial charge in [-0.3, -0.25) is 9.59 Å². The van der Waals surface area contributed by atoms with Gasteiger partial charge in [-0.05, 0) is 49.1 Å². The van der Waals surface area contributed by atoms with Crippen LogP contribution < -0.4 is 4.74 Å². The van der Waals surface area contributed by atoms with Crippen molar-refractivity contribution >= 4 is 33.7 Å². The van der Waals surface area contributed by atoms with Crippen molar-refractivity contribution in [3.8, 4) is 11.4 Å². The highest BCUT2D eigenvalue weighted by Crippen LogP contribution is 2.39. The minimum absolute atomic E-state index is 0.0682. The fourth-order valence-electron chi connectivity index (χ4n) is 4.93. The van der Waals surface area contributed by atoms with E-state index >= 15 is 0 Å². The summed E-state index contributed by atoms with van der Waals surface area (Å²) >= 11 is 0. The topological polar surface area (TPSA) is 75.3 Å². The number of methoxy groups -OCH3 is 1. The predicted molar refractivity (Wildman–Crippen MR) is 147 cm³/mol. The summed E-state index contributed by atoms with van der Waals surface area (Å²) < 4.78 is 28.5. The van der Waals surface area contributed by atoms with Gasteiger partial charge in [0.2, 0.25) is 0 Å². The van der Waals surface area contributed by atoms with Crippen LogP contribution in [0.5, 0.6) is 5.75 Å². The van der Waals surface area contributed by atoms with E-state index in [1.54, 1.807) is 25.3 Å². The van der Waals surface area contributed by atoms with Crippen LogP contribution in [0.1, 0.15) is 70.4 Å². The van der Waals surface area contributed by atoms with E-state index in [4.69, 9.17) is 9.47 Å². The number of carbonyl (C=O) groups is 2. The molecule has 4 aromatic rings. The zero-order valence-electron chi connectivity index (χ0n) is 23.4. The number of aromatic nitrogens is 3. The van der Waals surface area contributed by atoms with E-state index in [9.17, 15) is 14.0 Å². The van der Waals surface area contributed by atoms with Gasteiger partial charge in [-0.15, -0.1) is 0 Å². The Morgan fingerprint density at radius 1 is 1.08 bits per heavy atom. The van der Waals surface area contributed by atoms with E-state index in [1.165, 1.54) is 17.9 Å². The van der Waals surface area contributed by atoms with Gasteiger partial charge < -0.3 is 14.0 Å². The molecule has 4 rings (SSSR count). The quantitative estimate of drug-likeness (QED) is 0.254. The van der Waals surface area contributed by atoms with E-state index < -0.39 is 11.2 Å². The maximum Gasteiger partial charge on any atom is 0.308 e. The van der Waals surface area contributed by atoms with Crippen molar-refractivity contribution in [3.05, 3.63) is 53.6 Å². The molecule has 8 heteroatoms. The number of hydrogen-bond acceptors (Lipinski definition) is 5. The van der Waals surface area contributed by atoms with Crippen molar-refractivity contribution in [2.75, 3.05) is 13.7 Å². The maximum absolute atomic E-state index is 14.4. The average molecular weight is 522 g/mol. The molecule has 0 aliphatic carbocycles. The second-order valence-corrected chi connectivity index (χ2v) is 11.1. The highest BCUT2D eigenvalue weighted by Gasteiger charge is 2.28. The lowest BCUT2D eigenvalue weighted by Gasteiger charge is -2.18. The second kappa shape index (κ2) is 10.2. The highest BCUT2D eigenvalue weighted by molar-refractivity contribution is 6.02. The van der Waals surface area contributed by atoms with E-state index in [0.29, 0.717) is 18.5 Å². The van der Waals surface area contributed by atoms with Crippen molar-refractivity contribution in [2.24, 2.45) is 11.3 Å². The molecule has 0 spiro atoms. The van der Waals surface area contributed by atoms with E-state index in [2.05, 4.69) is 23.5 Å². The Balaban J connectivity index is 2.07. The summed E-state index contributed by atoms with van der Waals surface area (Å²) in [6, 6.07) is 8.78. The minimum atomic E-state index is -0.616. The van der Waals surface area contributed by atoms with Crippen molar-refractivity contribution in [2.45, 2.75) is 60.8 Å². The first-order valence-corrected chi connectivity index (χ1v) is 13.0. The van der Waals surface area contributed by atoms with Crippen molar-refractivity contribution in [1.82, 2.24) is 14.3 Å². The van der Waals surface area contributed by atoms with Crippen molar-refractivity contribution in [3.63, 3.8) is 0 Å². The molecule has 0 radical (unpaired) electrons. The Bertz CT molecular complexity index is 1520. The van der Waals surface area contributed by atoms with Crippen LogP contribution in [0, 0.1) is 17.2 Å². The van der Waals surface area contributed by atoms with Gasteiger partial charge in [0, 0.05) is 33.6 Å². The number of nitrogens with zero attached hydrogens (tertiary/aromatic N) is 3. The van der Waals surface area contributed by atoms with E-state index in [1.807, 2.05) is 39.8 Å². The fourth-order valence-corrected chi connectivity index (χ4v) is 4.93. The summed E-state index contributed by atoms with van der Waals surface area (Å²) in [5.74, 6) is -0.991. The molecule has 0 aliphatic rings. The van der Waals surface area contributed by atoms with Crippen LogP contribution in [0.15, 0.2) is 36.5 Å². The van der Waals surface area contributed by atoms with Gasteiger partial charge in [0.25, 0.3) is 5.91 Å². The Morgan fingerprint density at radius 2 is 1.79 bits per heavy atom. The maximum atomic E-state index is 14.4. The van der Waals surface area contributed by atoms with E-state index in [0.717, 1.165) is 33.2 Å². The number of halogens is 1. The largest absolute Gasteiger partial charge is 0.494 e. The summed E-state index contributed by atoms with van der Waals surface area (Å²) in [6.45, 7) is 13.7. The van der Waals surface area contributed by atoms with Gasteiger partial charge >= 0.3 is 5.97 Å². The Hall–Kier alpha value is -3.68. The molecule has 7 nitrogen and oxygen atoms in total. The van der Waals surface area contributed by atoms with Gasteiger partial charge in [0.15, 0.2) is 11.6 Å². The highest BCUT2D eigenvalue weighted by atomic mass is 19.1. The summed E-state index contributed by atoms with van der Waals surface area (Å²) in [4.78, 5) is 25.8. The summed E-state index contributed by atoms with van der Waals surface area (Å²) in [7, 11) is 1.44. The van der Waals surface area contributed by atoms with Gasteiger partial charge in [0.05, 0.1) is 36.9 Å². The zero-order chi connectivity index (χ0) is 27.9. The monoisotopic (exact) mass is 521 g/mol. The third-order valence-corrected chi connectivity index (χ3v) is 6.77. The molecular formula is C30H36FN3O4. The molecule has 2 heterocycles. The molecule has 0 saturated carbocycles. The molecule has 2 aromatic carbocycles. The van der Waals surface area contributed by atoms with E-state index in [-0.39, 0.29) is 29.5 Å². The molecule has 0 bridgehead atoms. The molecule has 202 valence electrons. The van der Waals surface area contributed by atoms with Crippen LogP contribution >= 0.6 is 0 Å². The number of carbonyl (C=O) groups excluding carboxylic acids is 2. The van der Waals surface area contributed by atoms with Crippen molar-refractivity contribution < 1.29 is 23.5 Å². The Labute approximate surface area is 222 Å². The average Bonchev–Trinajstić information content (AvgIpc) is 3.40. The molecule has 0 fully saturated rings. The summed E-state index contributed by atoms with van der Waals surface area (Å²) in [5, 5.41) is 6.14. The molecule has 0 N–H and O–H groups in total. The van der Waals surface area contributed by atoms with Gasteiger partial charge in [-0.1, -0.05) is 41.5 Å². The van der Waals surface area contributed by atoms with Crippen LogP contribution in [-0.4, -0.2) is 39.9 Å². The SMILES string of the molecule is CCOC(=O)C(C)Cc1c(C(C)C)n(-c2ccc(F)c(OC)c2)c2cc3cnn(C(=O)C(C)(C)C)c3cc12. The molecule has 0 amide bonds. The molecule has 0 aliphatic heterocycles. The van der Waals surface area contributed by atoms with Crippen LogP contribution in [-0.2, 0) is 16.0 Å². The van der Waals surface area contributed by atoms with Crippen LogP contribution in [0.4, 0.5) is 4.39 Å². The second-order valence-electron chi connectivity index (χ2n) is 11.1. The number of esters is 1.